The first-order chi connectivity index (χ1) is 18.0. The highest BCUT2D eigenvalue weighted by molar-refractivity contribution is 6.24. The van der Waals surface area contributed by atoms with Gasteiger partial charge in [-0.05, 0) is 38.1 Å². The van der Waals surface area contributed by atoms with Crippen LogP contribution in [0.2, 0.25) is 0 Å². The Morgan fingerprint density at radius 3 is 1.29 bits per heavy atom. The van der Waals surface area contributed by atoms with E-state index in [0.29, 0.717) is 11.4 Å². The van der Waals surface area contributed by atoms with Crippen molar-refractivity contribution in [3.05, 3.63) is 60.7 Å². The van der Waals surface area contributed by atoms with E-state index in [4.69, 9.17) is 10.2 Å². The van der Waals surface area contributed by atoms with Crippen LogP contribution in [0.25, 0.3) is 0 Å². The Morgan fingerprint density at radius 1 is 0.711 bits per heavy atom. The number of nitrogens with zero attached hydrogens (tertiary/aromatic N) is 4. The Bertz CT molecular complexity index is 1190. The molecule has 0 spiro atoms. The highest BCUT2D eigenvalue weighted by Crippen LogP contribution is 2.29. The fraction of sp³-hybridized carbons (Fsp3) is 0.250. The molecular formula is C24H26N6O8. The van der Waals surface area contributed by atoms with Crippen molar-refractivity contribution in [1.29, 1.82) is 0 Å². The second-order valence-corrected chi connectivity index (χ2v) is 8.45. The fourth-order valence-corrected chi connectivity index (χ4v) is 3.92. The molecule has 38 heavy (non-hydrogen) atoms. The van der Waals surface area contributed by atoms with Gasteiger partial charge in [0, 0.05) is 0 Å². The van der Waals surface area contributed by atoms with Gasteiger partial charge in [-0.3, -0.25) is 19.2 Å². The molecule has 2 heterocycles. The Hall–Kier alpha value is -4.50. The van der Waals surface area contributed by atoms with E-state index in [1.54, 1.807) is 71.6 Å². The molecule has 2 amide bonds. The number of para-hydroxylation sites is 2. The SMILES string of the molecule is CC1=NN(c2ccccc2)C(=O)C1(CC(=O)O)NO.CC1=NN(c2ccccc2)C(=O)C1(CC(=O)O)NO. The number of hydrazone groups is 2. The number of rotatable bonds is 8. The molecule has 14 nitrogen and oxygen atoms in total. The number of anilines is 2. The van der Waals surface area contributed by atoms with Crippen molar-refractivity contribution >= 4 is 46.6 Å². The highest BCUT2D eigenvalue weighted by Gasteiger charge is 2.52. The zero-order valence-electron chi connectivity index (χ0n) is 20.4. The third kappa shape index (κ3) is 5.14. The zero-order valence-corrected chi connectivity index (χ0v) is 20.4. The molecule has 2 aliphatic rings. The van der Waals surface area contributed by atoms with Crippen LogP contribution < -0.4 is 21.0 Å². The zero-order chi connectivity index (χ0) is 28.1. The number of nitrogens with one attached hydrogen (secondary N) is 2. The number of aliphatic carboxylic acids is 2. The number of hydrogen-bond donors (Lipinski definition) is 6. The topological polar surface area (TPSA) is 204 Å². The molecule has 14 heteroatoms. The van der Waals surface area contributed by atoms with E-state index in [1.165, 1.54) is 13.8 Å². The summed E-state index contributed by atoms with van der Waals surface area (Å²) in [6.07, 6.45) is -1.16. The van der Waals surface area contributed by atoms with Gasteiger partial charge in [-0.1, -0.05) is 36.4 Å². The predicted octanol–water partition coefficient (Wildman–Crippen LogP) is 1.20. The molecule has 2 unspecified atom stereocenters. The van der Waals surface area contributed by atoms with Crippen molar-refractivity contribution in [3.8, 4) is 0 Å². The van der Waals surface area contributed by atoms with E-state index in [1.807, 2.05) is 0 Å². The van der Waals surface area contributed by atoms with E-state index in [9.17, 15) is 29.6 Å². The maximum absolute atomic E-state index is 12.3. The van der Waals surface area contributed by atoms with Crippen molar-refractivity contribution in [3.63, 3.8) is 0 Å². The molecule has 2 aromatic carbocycles. The summed E-state index contributed by atoms with van der Waals surface area (Å²) in [5, 5.41) is 46.5. The number of carboxylic acids is 2. The molecule has 2 aromatic rings. The van der Waals surface area contributed by atoms with Crippen molar-refractivity contribution in [2.24, 2.45) is 10.2 Å². The van der Waals surface area contributed by atoms with Gasteiger partial charge in [0.05, 0.1) is 35.6 Å². The Kier molecular flexibility index (Phi) is 8.32. The summed E-state index contributed by atoms with van der Waals surface area (Å²) in [4.78, 5) is 46.4. The quantitative estimate of drug-likeness (QED) is 0.271. The maximum atomic E-state index is 12.3. The van der Waals surface area contributed by atoms with Gasteiger partial charge in [0.15, 0.2) is 11.1 Å². The van der Waals surface area contributed by atoms with Gasteiger partial charge in [0.1, 0.15) is 0 Å². The van der Waals surface area contributed by atoms with Crippen molar-refractivity contribution in [1.82, 2.24) is 11.0 Å². The van der Waals surface area contributed by atoms with Crippen LogP contribution in [-0.4, -0.2) is 66.9 Å². The first kappa shape index (κ1) is 28.1. The minimum absolute atomic E-state index is 0.200. The summed E-state index contributed by atoms with van der Waals surface area (Å²) < 4.78 is 0. The number of carbonyl (C=O) groups excluding carboxylic acids is 2. The van der Waals surface area contributed by atoms with Gasteiger partial charge in [0.25, 0.3) is 11.8 Å². The molecule has 200 valence electrons. The van der Waals surface area contributed by atoms with Crippen molar-refractivity contribution in [2.45, 2.75) is 37.8 Å². The summed E-state index contributed by atoms with van der Waals surface area (Å²) in [7, 11) is 0. The number of carbonyl (C=O) groups is 4. The second-order valence-electron chi connectivity index (χ2n) is 8.45. The van der Waals surface area contributed by atoms with Crippen LogP contribution in [0.3, 0.4) is 0 Å². The summed E-state index contributed by atoms with van der Waals surface area (Å²) in [5.74, 6) is -3.67. The summed E-state index contributed by atoms with van der Waals surface area (Å²) in [6, 6.07) is 17.2. The first-order valence-electron chi connectivity index (χ1n) is 11.2. The molecule has 0 fully saturated rings. The standard InChI is InChI=1S/2C12H13N3O4/c2*1-8-12(14-19,7-10(16)17)11(18)15(13-8)9-5-3-2-4-6-9/h2*2-6,14,19H,7H2,1H3,(H,16,17). The van der Waals surface area contributed by atoms with E-state index < -0.39 is 47.7 Å². The Labute approximate surface area is 216 Å². The van der Waals surface area contributed by atoms with Crippen LogP contribution in [0.4, 0.5) is 11.4 Å². The monoisotopic (exact) mass is 526 g/mol. The molecular weight excluding hydrogens is 500 g/mol. The van der Waals surface area contributed by atoms with Gasteiger partial charge >= 0.3 is 11.9 Å². The van der Waals surface area contributed by atoms with Gasteiger partial charge in [0.2, 0.25) is 0 Å². The van der Waals surface area contributed by atoms with Gasteiger partial charge in [-0.25, -0.2) is 0 Å². The number of benzene rings is 2. The van der Waals surface area contributed by atoms with E-state index in [0.717, 1.165) is 10.0 Å². The predicted molar refractivity (Wildman–Crippen MR) is 134 cm³/mol. The largest absolute Gasteiger partial charge is 0.481 e. The third-order valence-corrected chi connectivity index (χ3v) is 6.07. The van der Waals surface area contributed by atoms with Gasteiger partial charge in [-0.2, -0.15) is 31.2 Å². The van der Waals surface area contributed by atoms with Crippen LogP contribution >= 0.6 is 0 Å². The first-order valence-corrected chi connectivity index (χ1v) is 11.2. The lowest BCUT2D eigenvalue weighted by atomic mass is 9.91. The van der Waals surface area contributed by atoms with Gasteiger partial charge < -0.3 is 20.6 Å². The number of carboxylic acid groups (broad SMARTS) is 2. The lowest BCUT2D eigenvalue weighted by Crippen LogP contribution is -2.57. The van der Waals surface area contributed by atoms with Crippen LogP contribution in [0, 0.1) is 0 Å². The van der Waals surface area contributed by atoms with Crippen LogP contribution in [-0.2, 0) is 19.2 Å². The van der Waals surface area contributed by atoms with Gasteiger partial charge in [-0.15, -0.1) is 0 Å². The van der Waals surface area contributed by atoms with E-state index in [2.05, 4.69) is 10.2 Å². The highest BCUT2D eigenvalue weighted by atomic mass is 16.5. The molecule has 6 N–H and O–H groups in total. The molecule has 0 bridgehead atoms. The molecule has 0 aliphatic carbocycles. The smallest absolute Gasteiger partial charge is 0.306 e. The van der Waals surface area contributed by atoms with Crippen molar-refractivity contribution < 1.29 is 39.8 Å². The maximum Gasteiger partial charge on any atom is 0.306 e. The molecule has 0 saturated carbocycles. The molecule has 4 rings (SSSR count). The normalized spacial score (nSPS) is 22.5. The molecule has 0 aromatic heterocycles. The molecule has 2 atom stereocenters. The second kappa shape index (κ2) is 11.3. The van der Waals surface area contributed by atoms with E-state index >= 15 is 0 Å². The third-order valence-electron chi connectivity index (χ3n) is 6.07. The minimum atomic E-state index is -1.71. The van der Waals surface area contributed by atoms with E-state index in [-0.39, 0.29) is 11.4 Å². The summed E-state index contributed by atoms with van der Waals surface area (Å²) in [5.41, 5.74) is 1.61. The fourth-order valence-electron chi connectivity index (χ4n) is 3.92. The van der Waals surface area contributed by atoms with Crippen LogP contribution in [0.5, 0.6) is 0 Å². The van der Waals surface area contributed by atoms with Crippen LogP contribution in [0.15, 0.2) is 70.9 Å². The lowest BCUT2D eigenvalue weighted by molar-refractivity contribution is -0.142. The molecule has 0 saturated heterocycles. The Morgan fingerprint density at radius 2 is 1.03 bits per heavy atom. The Balaban J connectivity index is 0.000000211. The average molecular weight is 527 g/mol. The average Bonchev–Trinajstić information content (AvgIpc) is 3.30. The van der Waals surface area contributed by atoms with Crippen LogP contribution in [0.1, 0.15) is 26.7 Å². The molecule has 0 radical (unpaired) electrons. The lowest BCUT2D eigenvalue weighted by Gasteiger charge is -2.24. The number of hydrogen-bond acceptors (Lipinski definition) is 10. The summed E-state index contributed by atoms with van der Waals surface area (Å²) >= 11 is 0. The summed E-state index contributed by atoms with van der Waals surface area (Å²) in [6.45, 7) is 2.99. The number of amides is 2. The molecule has 2 aliphatic heterocycles. The minimum Gasteiger partial charge on any atom is -0.481 e. The number of hydroxylamine groups is 2. The van der Waals surface area contributed by atoms with Crippen molar-refractivity contribution in [2.75, 3.05) is 10.0 Å².